The predicted molar refractivity (Wildman–Crippen MR) is 84.6 cm³/mol. The lowest BCUT2D eigenvalue weighted by atomic mass is 9.95. The number of ether oxygens (including phenoxy) is 1. The summed E-state index contributed by atoms with van der Waals surface area (Å²) in [6.07, 6.45) is 8.11. The molecule has 2 N–H and O–H groups in total. The molecule has 0 spiro atoms. The zero-order valence-corrected chi connectivity index (χ0v) is 13.2. The topological polar surface area (TPSA) is 93.2 Å². The third-order valence-corrected chi connectivity index (χ3v) is 4.66. The van der Waals surface area contributed by atoms with Crippen LogP contribution in [0.5, 0.6) is 0 Å². The molecular weight excluding hydrogens is 298 g/mol. The van der Waals surface area contributed by atoms with Gasteiger partial charge in [-0.15, -0.1) is 0 Å². The van der Waals surface area contributed by atoms with Crippen LogP contribution in [-0.4, -0.2) is 34.2 Å². The van der Waals surface area contributed by atoms with Crippen LogP contribution in [0.3, 0.4) is 0 Å². The van der Waals surface area contributed by atoms with Crippen LogP contribution < -0.4 is 16.6 Å². The summed E-state index contributed by atoms with van der Waals surface area (Å²) in [5.74, 6) is -0.403. The lowest BCUT2D eigenvalue weighted by Gasteiger charge is -2.22. The van der Waals surface area contributed by atoms with E-state index in [2.05, 4.69) is 10.3 Å². The van der Waals surface area contributed by atoms with Gasteiger partial charge in [0.15, 0.2) is 0 Å². The number of aromatic amines is 1. The molecule has 1 aromatic rings. The van der Waals surface area contributed by atoms with E-state index in [1.165, 1.54) is 12.6 Å². The summed E-state index contributed by atoms with van der Waals surface area (Å²) in [4.78, 5) is 39.2. The highest BCUT2D eigenvalue weighted by atomic mass is 16.5. The fourth-order valence-electron chi connectivity index (χ4n) is 3.34. The minimum atomic E-state index is -0.544. The molecule has 23 heavy (non-hydrogen) atoms. The molecule has 1 saturated carbocycles. The van der Waals surface area contributed by atoms with E-state index in [1.807, 2.05) is 0 Å². The van der Waals surface area contributed by atoms with Gasteiger partial charge in [-0.05, 0) is 25.7 Å². The van der Waals surface area contributed by atoms with Gasteiger partial charge in [-0.1, -0.05) is 19.3 Å². The maximum atomic E-state index is 12.5. The monoisotopic (exact) mass is 321 g/mol. The van der Waals surface area contributed by atoms with E-state index in [4.69, 9.17) is 4.74 Å². The van der Waals surface area contributed by atoms with Gasteiger partial charge in [-0.2, -0.15) is 0 Å². The molecule has 126 valence electrons. The third-order valence-electron chi connectivity index (χ3n) is 4.66. The minimum Gasteiger partial charge on any atom is -0.376 e. The third kappa shape index (κ3) is 3.72. The summed E-state index contributed by atoms with van der Waals surface area (Å²) >= 11 is 0. The van der Waals surface area contributed by atoms with Crippen LogP contribution in [0.1, 0.15) is 55.3 Å². The maximum absolute atomic E-state index is 12.5. The minimum absolute atomic E-state index is 0.00632. The van der Waals surface area contributed by atoms with Crippen LogP contribution in [0.2, 0.25) is 0 Å². The summed E-state index contributed by atoms with van der Waals surface area (Å²) < 4.78 is 6.55. The highest BCUT2D eigenvalue weighted by Gasteiger charge is 2.22. The molecule has 2 fully saturated rings. The van der Waals surface area contributed by atoms with E-state index < -0.39 is 17.2 Å². The van der Waals surface area contributed by atoms with Crippen molar-refractivity contribution in [1.82, 2.24) is 14.9 Å². The smallest absolute Gasteiger partial charge is 0.328 e. The first-order valence-electron chi connectivity index (χ1n) is 8.40. The highest BCUT2D eigenvalue weighted by Crippen LogP contribution is 2.17. The molecule has 1 aliphatic heterocycles. The van der Waals surface area contributed by atoms with Crippen LogP contribution in [0.4, 0.5) is 0 Å². The molecule has 1 saturated heterocycles. The van der Waals surface area contributed by atoms with Crippen LogP contribution in [0.25, 0.3) is 0 Å². The molecule has 0 aromatic carbocycles. The molecule has 7 heteroatoms. The van der Waals surface area contributed by atoms with E-state index in [0.29, 0.717) is 6.61 Å². The number of carbonyl (C=O) groups excluding carboxylic acids is 1. The summed E-state index contributed by atoms with van der Waals surface area (Å²) in [6.45, 7) is 0.845. The fourth-order valence-corrected chi connectivity index (χ4v) is 3.34. The zero-order chi connectivity index (χ0) is 16.2. The summed E-state index contributed by atoms with van der Waals surface area (Å²) in [6, 6.07) is 0.120. The van der Waals surface area contributed by atoms with Crippen molar-refractivity contribution in [2.75, 3.05) is 6.61 Å². The van der Waals surface area contributed by atoms with Gasteiger partial charge in [-0.3, -0.25) is 14.2 Å². The Hall–Kier alpha value is -1.89. The number of H-pyrrole nitrogens is 1. The molecule has 2 aliphatic rings. The number of hydrogen-bond acceptors (Lipinski definition) is 4. The number of amides is 1. The van der Waals surface area contributed by atoms with Gasteiger partial charge >= 0.3 is 5.69 Å². The molecule has 1 atom stereocenters. The standard InChI is InChI=1S/C16H23N3O4/c20-14(18-11-5-2-1-3-6-11)13-9-17-16(22)19(15(13)21)10-12-7-4-8-23-12/h9,11-12H,1-8,10H2,(H,17,22)(H,18,20). The van der Waals surface area contributed by atoms with Crippen molar-refractivity contribution < 1.29 is 9.53 Å². The van der Waals surface area contributed by atoms with Crippen molar-refractivity contribution in [2.24, 2.45) is 0 Å². The predicted octanol–water partition coefficient (Wildman–Crippen LogP) is 0.778. The summed E-state index contributed by atoms with van der Waals surface area (Å²) in [5, 5.41) is 2.91. The average molecular weight is 321 g/mol. The number of hydrogen-bond donors (Lipinski definition) is 2. The number of rotatable bonds is 4. The van der Waals surface area contributed by atoms with Crippen molar-refractivity contribution in [2.45, 2.75) is 63.6 Å². The summed E-state index contributed by atoms with van der Waals surface area (Å²) in [7, 11) is 0. The van der Waals surface area contributed by atoms with Crippen molar-refractivity contribution >= 4 is 5.91 Å². The molecule has 3 rings (SSSR count). The Labute approximate surface area is 134 Å². The highest BCUT2D eigenvalue weighted by molar-refractivity contribution is 5.93. The van der Waals surface area contributed by atoms with Gasteiger partial charge in [0.2, 0.25) is 0 Å². The van der Waals surface area contributed by atoms with Gasteiger partial charge in [0.25, 0.3) is 11.5 Å². The molecule has 0 radical (unpaired) electrons. The molecule has 1 aliphatic carbocycles. The second kappa shape index (κ2) is 7.12. The Kier molecular flexibility index (Phi) is 4.95. The Bertz CT molecular complexity index is 667. The second-order valence-corrected chi connectivity index (χ2v) is 6.37. The first-order chi connectivity index (χ1) is 11.1. The van der Waals surface area contributed by atoms with Crippen LogP contribution in [0, 0.1) is 0 Å². The van der Waals surface area contributed by atoms with Gasteiger partial charge in [0, 0.05) is 18.8 Å². The quantitative estimate of drug-likeness (QED) is 0.857. The normalized spacial score (nSPS) is 22.2. The number of carbonyl (C=O) groups is 1. The van der Waals surface area contributed by atoms with E-state index in [1.54, 1.807) is 0 Å². The average Bonchev–Trinajstić information content (AvgIpc) is 3.05. The molecule has 1 aromatic heterocycles. The second-order valence-electron chi connectivity index (χ2n) is 6.37. The number of aromatic nitrogens is 2. The Morgan fingerprint density at radius 3 is 2.70 bits per heavy atom. The lowest BCUT2D eigenvalue weighted by molar-refractivity contribution is 0.0907. The van der Waals surface area contributed by atoms with E-state index >= 15 is 0 Å². The lowest BCUT2D eigenvalue weighted by Crippen LogP contribution is -2.44. The first kappa shape index (κ1) is 16.0. The van der Waals surface area contributed by atoms with Crippen molar-refractivity contribution in [1.29, 1.82) is 0 Å². The Morgan fingerprint density at radius 2 is 2.00 bits per heavy atom. The molecule has 7 nitrogen and oxygen atoms in total. The molecule has 0 bridgehead atoms. The van der Waals surface area contributed by atoms with E-state index in [9.17, 15) is 14.4 Å². The van der Waals surface area contributed by atoms with E-state index in [-0.39, 0.29) is 24.3 Å². The van der Waals surface area contributed by atoms with Gasteiger partial charge in [0.1, 0.15) is 5.56 Å². The van der Waals surface area contributed by atoms with E-state index in [0.717, 1.165) is 43.1 Å². The zero-order valence-electron chi connectivity index (χ0n) is 13.2. The summed E-state index contributed by atoms with van der Waals surface area (Å²) in [5.41, 5.74) is -1.05. The van der Waals surface area contributed by atoms with Crippen LogP contribution in [0.15, 0.2) is 15.8 Å². The first-order valence-corrected chi connectivity index (χ1v) is 8.40. The molecule has 2 heterocycles. The molecule has 1 unspecified atom stereocenters. The van der Waals surface area contributed by atoms with Crippen LogP contribution in [-0.2, 0) is 11.3 Å². The Balaban J connectivity index is 1.77. The Morgan fingerprint density at radius 1 is 1.22 bits per heavy atom. The fraction of sp³-hybridized carbons (Fsp3) is 0.688. The van der Waals surface area contributed by atoms with Crippen molar-refractivity contribution in [3.05, 3.63) is 32.6 Å². The largest absolute Gasteiger partial charge is 0.376 e. The molecule has 1 amide bonds. The maximum Gasteiger partial charge on any atom is 0.328 e. The van der Waals surface area contributed by atoms with Crippen LogP contribution >= 0.6 is 0 Å². The number of nitrogens with one attached hydrogen (secondary N) is 2. The molecular formula is C16H23N3O4. The van der Waals surface area contributed by atoms with Crippen molar-refractivity contribution in [3.8, 4) is 0 Å². The number of nitrogens with zero attached hydrogens (tertiary/aromatic N) is 1. The van der Waals surface area contributed by atoms with Gasteiger partial charge in [0.05, 0.1) is 12.6 Å². The van der Waals surface area contributed by atoms with Crippen molar-refractivity contribution in [3.63, 3.8) is 0 Å². The van der Waals surface area contributed by atoms with Gasteiger partial charge < -0.3 is 15.0 Å². The van der Waals surface area contributed by atoms with Gasteiger partial charge in [-0.25, -0.2) is 4.79 Å². The SMILES string of the molecule is O=C(NC1CCCCC1)c1c[nH]c(=O)n(CC2CCCO2)c1=O.